The lowest BCUT2D eigenvalue weighted by Crippen LogP contribution is -2.43. The van der Waals surface area contributed by atoms with E-state index < -0.39 is 23.4 Å². The first-order valence-electron chi connectivity index (χ1n) is 12.7. The van der Waals surface area contributed by atoms with E-state index in [1.54, 1.807) is 59.7 Å². The number of nitriles is 1. The van der Waals surface area contributed by atoms with Crippen molar-refractivity contribution in [1.82, 2.24) is 14.9 Å². The van der Waals surface area contributed by atoms with Crippen LogP contribution in [0.2, 0.25) is 0 Å². The maximum atomic E-state index is 13.0. The molecule has 1 heterocycles. The average Bonchev–Trinajstić information content (AvgIpc) is 2.85. The minimum absolute atomic E-state index is 0.252. The van der Waals surface area contributed by atoms with Gasteiger partial charge in [0.15, 0.2) is 11.6 Å². The van der Waals surface area contributed by atoms with Crippen molar-refractivity contribution in [2.45, 2.75) is 66.2 Å². The van der Waals surface area contributed by atoms with Crippen LogP contribution in [0.1, 0.15) is 58.2 Å². The van der Waals surface area contributed by atoms with Crippen LogP contribution < -0.4 is 10.1 Å². The Morgan fingerprint density at radius 2 is 1.55 bits per heavy atom. The maximum absolute atomic E-state index is 13.0. The first-order valence-corrected chi connectivity index (χ1v) is 12.7. The van der Waals surface area contributed by atoms with Gasteiger partial charge in [-0.2, -0.15) is 5.26 Å². The van der Waals surface area contributed by atoms with Gasteiger partial charge in [-0.25, -0.2) is 24.5 Å². The fourth-order valence-electron chi connectivity index (χ4n) is 3.63. The SMILES string of the molecule is COc1c(Nc2ccc(C#N)c(CN(C(=O)OC(C)(C)C)C(=O)OC(C)(C)C)c2)ncnc1-c1ccc(C)cc1. The quantitative estimate of drug-likeness (QED) is 0.358. The Morgan fingerprint density at radius 1 is 0.950 bits per heavy atom. The predicted octanol–water partition coefficient (Wildman–Crippen LogP) is 6.75. The summed E-state index contributed by atoms with van der Waals surface area (Å²) in [4.78, 5) is 35.6. The number of aryl methyl sites for hydroxylation is 1. The van der Waals surface area contributed by atoms with E-state index in [0.717, 1.165) is 16.0 Å². The van der Waals surface area contributed by atoms with Crippen molar-refractivity contribution in [3.63, 3.8) is 0 Å². The number of carbonyl (C=O) groups is 2. The highest BCUT2D eigenvalue weighted by Crippen LogP contribution is 2.35. The van der Waals surface area contributed by atoms with Gasteiger partial charge < -0.3 is 19.5 Å². The molecule has 1 N–H and O–H groups in total. The molecule has 0 unspecified atom stereocenters. The number of methoxy groups -OCH3 is 1. The number of benzene rings is 2. The topological polar surface area (TPSA) is 127 Å². The molecule has 0 aliphatic rings. The third-order valence-corrected chi connectivity index (χ3v) is 5.38. The number of ether oxygens (including phenoxy) is 3. The summed E-state index contributed by atoms with van der Waals surface area (Å²) >= 11 is 0. The molecule has 0 aliphatic carbocycles. The smallest absolute Gasteiger partial charge is 0.420 e. The first kappa shape index (κ1) is 29.9. The highest BCUT2D eigenvalue weighted by Gasteiger charge is 2.32. The van der Waals surface area contributed by atoms with Crippen LogP contribution in [0.5, 0.6) is 5.75 Å². The molecule has 3 aromatic rings. The van der Waals surface area contributed by atoms with Crippen LogP contribution in [-0.4, -0.2) is 45.4 Å². The van der Waals surface area contributed by atoms with E-state index >= 15 is 0 Å². The lowest BCUT2D eigenvalue weighted by atomic mass is 10.1. The van der Waals surface area contributed by atoms with Gasteiger partial charge in [-0.15, -0.1) is 0 Å². The van der Waals surface area contributed by atoms with Gasteiger partial charge in [0.1, 0.15) is 23.2 Å². The molecule has 0 bridgehead atoms. The van der Waals surface area contributed by atoms with Crippen LogP contribution in [0.15, 0.2) is 48.8 Å². The van der Waals surface area contributed by atoms with Crippen LogP contribution in [-0.2, 0) is 16.0 Å². The molecule has 0 saturated carbocycles. The van der Waals surface area contributed by atoms with E-state index in [9.17, 15) is 14.9 Å². The molecular formula is C30H35N5O5. The molecule has 40 heavy (non-hydrogen) atoms. The molecule has 0 saturated heterocycles. The summed E-state index contributed by atoms with van der Waals surface area (Å²) in [6.07, 6.45) is -0.342. The third kappa shape index (κ3) is 7.93. The van der Waals surface area contributed by atoms with Gasteiger partial charge in [0, 0.05) is 11.3 Å². The van der Waals surface area contributed by atoms with Gasteiger partial charge in [-0.3, -0.25) is 0 Å². The summed E-state index contributed by atoms with van der Waals surface area (Å²) < 4.78 is 16.6. The number of carbonyl (C=O) groups excluding carboxylic acids is 2. The van der Waals surface area contributed by atoms with Crippen molar-refractivity contribution < 1.29 is 23.8 Å². The number of hydrogen-bond acceptors (Lipinski definition) is 9. The number of imide groups is 1. The molecule has 10 nitrogen and oxygen atoms in total. The molecule has 2 amide bonds. The molecule has 0 spiro atoms. The normalized spacial score (nSPS) is 11.3. The summed E-state index contributed by atoms with van der Waals surface area (Å²) in [5.41, 5.74) is 2.11. The van der Waals surface area contributed by atoms with Gasteiger partial charge in [0.25, 0.3) is 0 Å². The van der Waals surface area contributed by atoms with Crippen LogP contribution in [0.4, 0.5) is 21.1 Å². The van der Waals surface area contributed by atoms with E-state index in [0.29, 0.717) is 28.5 Å². The zero-order valence-corrected chi connectivity index (χ0v) is 24.2. The van der Waals surface area contributed by atoms with Gasteiger partial charge in [0.05, 0.1) is 25.3 Å². The maximum Gasteiger partial charge on any atom is 0.420 e. The first-order chi connectivity index (χ1) is 18.7. The van der Waals surface area contributed by atoms with E-state index in [-0.39, 0.29) is 12.1 Å². The summed E-state index contributed by atoms with van der Waals surface area (Å²) in [5, 5.41) is 13.0. The van der Waals surface area contributed by atoms with Gasteiger partial charge in [0.2, 0.25) is 0 Å². The number of nitrogens with zero attached hydrogens (tertiary/aromatic N) is 4. The molecule has 0 aliphatic heterocycles. The highest BCUT2D eigenvalue weighted by atomic mass is 16.6. The zero-order valence-electron chi connectivity index (χ0n) is 24.2. The number of aromatic nitrogens is 2. The van der Waals surface area contributed by atoms with Crippen LogP contribution >= 0.6 is 0 Å². The van der Waals surface area contributed by atoms with Crippen molar-refractivity contribution in [3.8, 4) is 23.1 Å². The molecule has 10 heteroatoms. The minimum Gasteiger partial charge on any atom is -0.491 e. The van der Waals surface area contributed by atoms with Crippen molar-refractivity contribution in [2.75, 3.05) is 12.4 Å². The van der Waals surface area contributed by atoms with E-state index in [4.69, 9.17) is 14.2 Å². The molecule has 1 aromatic heterocycles. The average molecular weight is 546 g/mol. The Kier molecular flexibility index (Phi) is 8.99. The Labute approximate surface area is 234 Å². The fraction of sp³-hybridized carbons (Fsp3) is 0.367. The summed E-state index contributed by atoms with van der Waals surface area (Å²) in [6.45, 7) is 11.9. The highest BCUT2D eigenvalue weighted by molar-refractivity contribution is 5.88. The zero-order chi connectivity index (χ0) is 29.7. The lowest BCUT2D eigenvalue weighted by molar-refractivity contribution is -0.000260. The largest absolute Gasteiger partial charge is 0.491 e. The fourth-order valence-corrected chi connectivity index (χ4v) is 3.63. The predicted molar refractivity (Wildman–Crippen MR) is 151 cm³/mol. The number of amides is 2. The third-order valence-electron chi connectivity index (χ3n) is 5.38. The number of anilines is 2. The number of hydrogen-bond donors (Lipinski definition) is 1. The van der Waals surface area contributed by atoms with Crippen LogP contribution in [0, 0.1) is 18.3 Å². The molecule has 0 radical (unpaired) electrons. The Hall–Kier alpha value is -4.65. The molecular weight excluding hydrogens is 510 g/mol. The number of rotatable bonds is 6. The number of nitrogens with one attached hydrogen (secondary N) is 1. The van der Waals surface area contributed by atoms with E-state index in [1.807, 2.05) is 31.2 Å². The van der Waals surface area contributed by atoms with Crippen LogP contribution in [0.25, 0.3) is 11.3 Å². The Balaban J connectivity index is 1.98. The summed E-state index contributed by atoms with van der Waals surface area (Å²) in [6, 6.07) is 14.9. The van der Waals surface area contributed by atoms with Crippen molar-refractivity contribution in [2.24, 2.45) is 0 Å². The van der Waals surface area contributed by atoms with Gasteiger partial charge >= 0.3 is 12.2 Å². The second kappa shape index (κ2) is 12.0. The molecule has 0 atom stereocenters. The van der Waals surface area contributed by atoms with Crippen LogP contribution in [0.3, 0.4) is 0 Å². The second-order valence-corrected chi connectivity index (χ2v) is 11.1. The minimum atomic E-state index is -0.885. The molecule has 210 valence electrons. The molecule has 2 aromatic carbocycles. The van der Waals surface area contributed by atoms with E-state index in [1.165, 1.54) is 13.4 Å². The van der Waals surface area contributed by atoms with Crippen molar-refractivity contribution in [1.29, 1.82) is 5.26 Å². The lowest BCUT2D eigenvalue weighted by Gasteiger charge is -2.29. The summed E-state index contributed by atoms with van der Waals surface area (Å²) in [5.74, 6) is 0.835. The van der Waals surface area contributed by atoms with Crippen molar-refractivity contribution in [3.05, 3.63) is 65.5 Å². The Morgan fingerprint density at radius 3 is 2.08 bits per heavy atom. The van der Waals surface area contributed by atoms with Gasteiger partial charge in [-0.1, -0.05) is 29.8 Å². The van der Waals surface area contributed by atoms with Crippen molar-refractivity contribution >= 4 is 23.7 Å². The summed E-state index contributed by atoms with van der Waals surface area (Å²) in [7, 11) is 1.53. The molecule has 3 rings (SSSR count). The molecule has 0 fully saturated rings. The second-order valence-electron chi connectivity index (χ2n) is 11.1. The van der Waals surface area contributed by atoms with E-state index in [2.05, 4.69) is 21.4 Å². The monoisotopic (exact) mass is 545 g/mol. The standard InChI is InChI=1S/C30H35N5O5/c1-19-9-11-20(12-10-19)24-25(38-8)26(33-18-32-24)34-23-14-13-21(16-31)22(15-23)17-35(27(36)39-29(2,3)4)28(37)40-30(5,6)7/h9-15,18H,17H2,1-8H3,(H,32,33,34). The van der Waals surface area contributed by atoms with Gasteiger partial charge in [-0.05, 0) is 72.2 Å². The Bertz CT molecular complexity index is 1390.